The fourth-order valence-corrected chi connectivity index (χ4v) is 2.32. The molecule has 10 nitrogen and oxygen atoms in total. The predicted octanol–water partition coefficient (Wildman–Crippen LogP) is 3.15. The van der Waals surface area contributed by atoms with E-state index in [0.717, 1.165) is 0 Å². The molecule has 3 heterocycles. The number of carbonyl (C=O) groups excluding carboxylic acids is 1. The average Bonchev–Trinajstić information content (AvgIpc) is 2.77. The molecule has 0 saturated heterocycles. The maximum Gasteiger partial charge on any atom is 0.359 e. The standard InChI is InChI=1S/C6H5IN2O2.C5H3IN2O2.C4H4N2.C2H6/c1-11-6(10)4-5(7)9-3-2-8-4;6-4-3(5(9)10)7-1-2-8-4;1-2-5-4-6-3-1;1-2/h2-3H,1H3;1-2H,(H,9,10);1-4H;1-2H3. The molecule has 0 bridgehead atoms. The Morgan fingerprint density at radius 3 is 1.55 bits per heavy atom. The van der Waals surface area contributed by atoms with Crippen molar-refractivity contribution in [3.63, 3.8) is 0 Å². The van der Waals surface area contributed by atoms with Crippen LogP contribution in [0.1, 0.15) is 34.8 Å². The number of halogens is 2. The van der Waals surface area contributed by atoms with E-state index in [2.05, 4.69) is 34.6 Å². The van der Waals surface area contributed by atoms with Crippen molar-refractivity contribution >= 4 is 57.1 Å². The van der Waals surface area contributed by atoms with Crippen molar-refractivity contribution < 1.29 is 19.4 Å². The second-order valence-corrected chi connectivity index (χ2v) is 6.14. The number of aromatic carboxylic acids is 1. The molecule has 3 rings (SSSR count). The van der Waals surface area contributed by atoms with Crippen molar-refractivity contribution in [2.24, 2.45) is 0 Å². The summed E-state index contributed by atoms with van der Waals surface area (Å²) in [4.78, 5) is 43.6. The first kappa shape index (κ1) is 26.6. The number of hydrogen-bond acceptors (Lipinski definition) is 9. The molecule has 0 unspecified atom stereocenters. The van der Waals surface area contributed by atoms with Crippen molar-refractivity contribution in [2.75, 3.05) is 7.11 Å². The molecule has 3 aromatic heterocycles. The van der Waals surface area contributed by atoms with Crippen molar-refractivity contribution in [1.82, 2.24) is 29.9 Å². The summed E-state index contributed by atoms with van der Waals surface area (Å²) in [6.45, 7) is 4.00. The number of carboxylic acid groups (broad SMARTS) is 1. The van der Waals surface area contributed by atoms with Crippen LogP contribution in [0.4, 0.5) is 0 Å². The topological polar surface area (TPSA) is 141 Å². The van der Waals surface area contributed by atoms with Crippen molar-refractivity contribution in [3.8, 4) is 0 Å². The third-order valence-electron chi connectivity index (χ3n) is 2.37. The lowest BCUT2D eigenvalue weighted by molar-refractivity contribution is 0.0591. The first-order chi connectivity index (χ1) is 14.0. The van der Waals surface area contributed by atoms with Gasteiger partial charge in [0.1, 0.15) is 13.7 Å². The van der Waals surface area contributed by atoms with E-state index in [1.807, 2.05) is 59.0 Å². The summed E-state index contributed by atoms with van der Waals surface area (Å²) in [6.07, 6.45) is 10.7. The Balaban J connectivity index is 0.000000402. The highest BCUT2D eigenvalue weighted by Crippen LogP contribution is 2.05. The minimum absolute atomic E-state index is 0.00287. The minimum Gasteiger partial charge on any atom is -0.476 e. The molecule has 154 valence electrons. The fraction of sp³-hybridized carbons (Fsp3) is 0.176. The Bertz CT molecular complexity index is 845. The van der Waals surface area contributed by atoms with Crippen LogP contribution in [0.15, 0.2) is 49.6 Å². The number of esters is 1. The van der Waals surface area contributed by atoms with Gasteiger partial charge in [0.05, 0.1) is 7.11 Å². The predicted molar refractivity (Wildman–Crippen MR) is 121 cm³/mol. The molecule has 0 aliphatic carbocycles. The van der Waals surface area contributed by atoms with Crippen LogP contribution in [0.2, 0.25) is 0 Å². The number of rotatable bonds is 2. The lowest BCUT2D eigenvalue weighted by Gasteiger charge is -1.97. The lowest BCUT2D eigenvalue weighted by Crippen LogP contribution is -2.07. The molecule has 0 fully saturated rings. The first-order valence-corrected chi connectivity index (χ1v) is 10.1. The largest absolute Gasteiger partial charge is 0.476 e. The van der Waals surface area contributed by atoms with Crippen LogP contribution in [-0.4, -0.2) is 54.1 Å². The molecular weight excluding hydrogens is 606 g/mol. The number of ether oxygens (including phenoxy) is 1. The molecule has 3 aromatic rings. The molecule has 0 aliphatic rings. The number of carboxylic acids is 1. The number of hydrogen-bond donors (Lipinski definition) is 1. The summed E-state index contributed by atoms with van der Waals surface area (Å²) >= 11 is 3.75. The zero-order valence-corrected chi connectivity index (χ0v) is 20.0. The van der Waals surface area contributed by atoms with Gasteiger partial charge in [-0.1, -0.05) is 13.8 Å². The Labute approximate surface area is 194 Å². The molecule has 0 radical (unpaired) electrons. The molecule has 29 heavy (non-hydrogen) atoms. The van der Waals surface area contributed by atoms with E-state index in [-0.39, 0.29) is 11.4 Å². The number of methoxy groups -OCH3 is 1. The SMILES string of the molecule is CC.COC(=O)c1nccnc1I.O=C(O)c1nccnc1I.c1cncnc1. The minimum atomic E-state index is -1.04. The van der Waals surface area contributed by atoms with E-state index in [1.165, 1.54) is 38.2 Å². The molecule has 0 aliphatic heterocycles. The van der Waals surface area contributed by atoms with Gasteiger partial charge in [-0.05, 0) is 51.2 Å². The monoisotopic (exact) mass is 624 g/mol. The van der Waals surface area contributed by atoms with Gasteiger partial charge in [-0.25, -0.2) is 39.5 Å². The smallest absolute Gasteiger partial charge is 0.359 e. The highest BCUT2D eigenvalue weighted by Gasteiger charge is 2.11. The van der Waals surface area contributed by atoms with E-state index in [1.54, 1.807) is 18.5 Å². The summed E-state index contributed by atoms with van der Waals surface area (Å²) in [6, 6.07) is 1.78. The third kappa shape index (κ3) is 11.3. The van der Waals surface area contributed by atoms with Crippen LogP contribution in [0.3, 0.4) is 0 Å². The normalized spacial score (nSPS) is 8.59. The zero-order valence-electron chi connectivity index (χ0n) is 15.7. The van der Waals surface area contributed by atoms with Crippen LogP contribution in [0, 0.1) is 7.40 Å². The quantitative estimate of drug-likeness (QED) is 0.334. The Hall–Kier alpha value is -2.36. The molecule has 0 amide bonds. The summed E-state index contributed by atoms with van der Waals surface area (Å²) in [5.41, 5.74) is 0.263. The Morgan fingerprint density at radius 2 is 1.28 bits per heavy atom. The first-order valence-electron chi connectivity index (χ1n) is 7.92. The van der Waals surface area contributed by atoms with E-state index < -0.39 is 11.9 Å². The molecular formula is C17H18I2N6O4. The Morgan fingerprint density at radius 1 is 0.828 bits per heavy atom. The zero-order chi connectivity index (χ0) is 22.1. The van der Waals surface area contributed by atoms with Gasteiger partial charge in [0, 0.05) is 37.2 Å². The molecule has 0 spiro atoms. The maximum absolute atomic E-state index is 10.9. The molecule has 12 heteroatoms. The van der Waals surface area contributed by atoms with E-state index in [4.69, 9.17) is 5.11 Å². The summed E-state index contributed by atoms with van der Waals surface area (Å²) in [5, 5.41) is 8.46. The number of nitrogens with zero attached hydrogens (tertiary/aromatic N) is 6. The molecule has 0 atom stereocenters. The number of aromatic nitrogens is 6. The van der Waals surface area contributed by atoms with Crippen molar-refractivity contribution in [1.29, 1.82) is 0 Å². The summed E-state index contributed by atoms with van der Waals surface area (Å²) < 4.78 is 5.43. The molecule has 0 aromatic carbocycles. The van der Waals surface area contributed by atoms with Gasteiger partial charge in [-0.3, -0.25) is 0 Å². The second kappa shape index (κ2) is 16.6. The van der Waals surface area contributed by atoms with Crippen LogP contribution >= 0.6 is 45.2 Å². The van der Waals surface area contributed by atoms with Gasteiger partial charge in [0.2, 0.25) is 0 Å². The van der Waals surface area contributed by atoms with Crippen molar-refractivity contribution in [3.05, 3.63) is 68.4 Å². The van der Waals surface area contributed by atoms with Gasteiger partial charge >= 0.3 is 11.9 Å². The highest BCUT2D eigenvalue weighted by molar-refractivity contribution is 14.1. The van der Waals surface area contributed by atoms with Crippen LogP contribution < -0.4 is 0 Å². The van der Waals surface area contributed by atoms with E-state index in [9.17, 15) is 9.59 Å². The second-order valence-electron chi connectivity index (χ2n) is 4.09. The van der Waals surface area contributed by atoms with E-state index >= 15 is 0 Å². The van der Waals surface area contributed by atoms with Crippen LogP contribution in [0.25, 0.3) is 0 Å². The van der Waals surface area contributed by atoms with Gasteiger partial charge in [0.25, 0.3) is 0 Å². The van der Waals surface area contributed by atoms with Gasteiger partial charge in [-0.2, -0.15) is 0 Å². The fourth-order valence-electron chi connectivity index (χ4n) is 1.27. The van der Waals surface area contributed by atoms with Gasteiger partial charge < -0.3 is 9.84 Å². The Kier molecular flexibility index (Phi) is 15.2. The van der Waals surface area contributed by atoms with E-state index in [0.29, 0.717) is 7.40 Å². The summed E-state index contributed by atoms with van der Waals surface area (Å²) in [5.74, 6) is -1.50. The number of carbonyl (C=O) groups is 2. The lowest BCUT2D eigenvalue weighted by atomic mass is 10.5. The van der Waals surface area contributed by atoms with Crippen LogP contribution in [0.5, 0.6) is 0 Å². The maximum atomic E-state index is 10.9. The average molecular weight is 624 g/mol. The summed E-state index contributed by atoms with van der Waals surface area (Å²) in [7, 11) is 1.31. The highest BCUT2D eigenvalue weighted by atomic mass is 127. The van der Waals surface area contributed by atoms with Gasteiger partial charge in [0.15, 0.2) is 11.4 Å². The van der Waals surface area contributed by atoms with Gasteiger partial charge in [-0.15, -0.1) is 0 Å². The third-order valence-corrected chi connectivity index (χ3v) is 3.94. The molecule has 1 N–H and O–H groups in total. The molecule has 0 saturated carbocycles. The van der Waals surface area contributed by atoms with Crippen LogP contribution in [-0.2, 0) is 4.74 Å². The van der Waals surface area contributed by atoms with Crippen molar-refractivity contribution in [2.45, 2.75) is 13.8 Å².